The Balaban J connectivity index is 0.00000225. The average Bonchev–Trinajstić information content (AvgIpc) is 3.12. The molecule has 1 fully saturated rings. The van der Waals surface area contributed by atoms with Crippen LogP contribution in [-0.2, 0) is 4.79 Å². The minimum absolute atomic E-state index is 0. The van der Waals surface area contributed by atoms with Crippen LogP contribution in [0.4, 0.5) is 0 Å². The normalized spacial score (nSPS) is 17.2. The highest BCUT2D eigenvalue weighted by Crippen LogP contribution is 2.31. The molecule has 25 heavy (non-hydrogen) atoms. The second kappa shape index (κ2) is 9.53. The van der Waals surface area contributed by atoms with Crippen molar-refractivity contribution in [1.82, 2.24) is 20.4 Å². The summed E-state index contributed by atoms with van der Waals surface area (Å²) in [4.78, 5) is 19.0. The Hall–Kier alpha value is -1.92. The maximum absolute atomic E-state index is 12.5. The number of amides is 1. The number of nitrogens with zero attached hydrogens (tertiary/aromatic N) is 3. The van der Waals surface area contributed by atoms with Crippen LogP contribution in [-0.4, -0.2) is 41.1 Å². The minimum Gasteiger partial charge on any atom is -0.337 e. The van der Waals surface area contributed by atoms with Gasteiger partial charge in [0, 0.05) is 18.5 Å². The van der Waals surface area contributed by atoms with E-state index in [1.807, 2.05) is 42.3 Å². The summed E-state index contributed by atoms with van der Waals surface area (Å²) in [6.45, 7) is 1.62. The van der Waals surface area contributed by atoms with Gasteiger partial charge in [0.2, 0.25) is 17.6 Å². The lowest BCUT2D eigenvalue weighted by molar-refractivity contribution is -0.135. The highest BCUT2D eigenvalue weighted by molar-refractivity contribution is 5.85. The Labute approximate surface area is 154 Å². The number of carbonyl (C=O) groups excluding carboxylic acids is 1. The molecular formula is C18H25ClN4O2. The van der Waals surface area contributed by atoms with E-state index < -0.39 is 0 Å². The molecule has 1 atom stereocenters. The largest absolute Gasteiger partial charge is 0.337 e. The van der Waals surface area contributed by atoms with Crippen molar-refractivity contribution in [3.63, 3.8) is 0 Å². The Morgan fingerprint density at radius 3 is 2.88 bits per heavy atom. The van der Waals surface area contributed by atoms with E-state index in [2.05, 4.69) is 15.5 Å². The van der Waals surface area contributed by atoms with Crippen LogP contribution in [0.15, 0.2) is 34.9 Å². The molecular weight excluding hydrogens is 340 g/mol. The average molecular weight is 365 g/mol. The van der Waals surface area contributed by atoms with Crippen molar-refractivity contribution in [2.24, 2.45) is 0 Å². The van der Waals surface area contributed by atoms with Gasteiger partial charge in [-0.25, -0.2) is 0 Å². The third kappa shape index (κ3) is 4.80. The van der Waals surface area contributed by atoms with Crippen LogP contribution in [0.2, 0.25) is 0 Å². The third-order valence-corrected chi connectivity index (χ3v) is 4.40. The van der Waals surface area contributed by atoms with Gasteiger partial charge in [0.25, 0.3) is 0 Å². The first-order valence-electron chi connectivity index (χ1n) is 8.62. The van der Waals surface area contributed by atoms with Crippen molar-refractivity contribution in [1.29, 1.82) is 0 Å². The molecule has 0 saturated carbocycles. The number of nitrogens with one attached hydrogen (secondary N) is 1. The number of benzene rings is 1. The summed E-state index contributed by atoms with van der Waals surface area (Å²) in [6.07, 6.45) is 4.39. The number of likely N-dealkylation sites (tertiary alicyclic amines) is 1. The van der Waals surface area contributed by atoms with Crippen molar-refractivity contribution in [3.05, 3.63) is 36.2 Å². The van der Waals surface area contributed by atoms with E-state index in [0.717, 1.165) is 44.3 Å². The van der Waals surface area contributed by atoms with Gasteiger partial charge in [-0.2, -0.15) is 4.98 Å². The molecule has 1 aliphatic heterocycles. The van der Waals surface area contributed by atoms with Gasteiger partial charge in [-0.15, -0.1) is 12.4 Å². The molecule has 3 rings (SSSR count). The SMILES string of the molecule is CNCCCC(=O)N1CCCCC1c1nc(-c2ccccc2)no1.Cl. The Morgan fingerprint density at radius 1 is 1.32 bits per heavy atom. The summed E-state index contributed by atoms with van der Waals surface area (Å²) in [5.41, 5.74) is 0.926. The van der Waals surface area contributed by atoms with Crippen LogP contribution < -0.4 is 5.32 Å². The second-order valence-corrected chi connectivity index (χ2v) is 6.13. The van der Waals surface area contributed by atoms with Crippen molar-refractivity contribution in [3.8, 4) is 11.4 Å². The number of hydrogen-bond acceptors (Lipinski definition) is 5. The lowest BCUT2D eigenvalue weighted by atomic mass is 10.0. The van der Waals surface area contributed by atoms with Crippen LogP contribution in [0.3, 0.4) is 0 Å². The molecule has 0 radical (unpaired) electrons. The molecule has 1 N–H and O–H groups in total. The zero-order valence-corrected chi connectivity index (χ0v) is 15.3. The van der Waals surface area contributed by atoms with Gasteiger partial charge in [0.15, 0.2) is 0 Å². The van der Waals surface area contributed by atoms with Crippen molar-refractivity contribution in [2.45, 2.75) is 38.1 Å². The first-order chi connectivity index (χ1) is 11.8. The fraction of sp³-hybridized carbons (Fsp3) is 0.500. The molecule has 1 amide bonds. The molecule has 136 valence electrons. The molecule has 2 aromatic rings. The monoisotopic (exact) mass is 364 g/mol. The maximum atomic E-state index is 12.5. The number of carbonyl (C=O) groups is 1. The fourth-order valence-corrected chi connectivity index (χ4v) is 3.12. The van der Waals surface area contributed by atoms with E-state index >= 15 is 0 Å². The van der Waals surface area contributed by atoms with Gasteiger partial charge in [-0.1, -0.05) is 35.5 Å². The molecule has 6 nitrogen and oxygen atoms in total. The van der Waals surface area contributed by atoms with Gasteiger partial charge in [-0.05, 0) is 39.3 Å². The fourth-order valence-electron chi connectivity index (χ4n) is 3.12. The third-order valence-electron chi connectivity index (χ3n) is 4.40. The first-order valence-corrected chi connectivity index (χ1v) is 8.62. The number of halogens is 1. The second-order valence-electron chi connectivity index (χ2n) is 6.13. The zero-order chi connectivity index (χ0) is 16.8. The van der Waals surface area contributed by atoms with Gasteiger partial charge in [0.05, 0.1) is 0 Å². The predicted molar refractivity (Wildman–Crippen MR) is 98.4 cm³/mol. The quantitative estimate of drug-likeness (QED) is 0.797. The highest BCUT2D eigenvalue weighted by Gasteiger charge is 2.31. The standard InChI is InChI=1S/C18H24N4O2.ClH/c1-19-12-7-11-16(23)22-13-6-5-10-15(22)18-20-17(21-24-18)14-8-3-2-4-9-14;/h2-4,8-9,15,19H,5-7,10-13H2,1H3;1H. The molecule has 1 aliphatic rings. The van der Waals surface area contributed by atoms with Crippen LogP contribution in [0.1, 0.15) is 44.0 Å². The first kappa shape index (κ1) is 19.4. The lowest BCUT2D eigenvalue weighted by Crippen LogP contribution is -2.38. The Bertz CT molecular complexity index is 662. The smallest absolute Gasteiger partial charge is 0.249 e. The van der Waals surface area contributed by atoms with E-state index in [1.54, 1.807) is 0 Å². The summed E-state index contributed by atoms with van der Waals surface area (Å²) >= 11 is 0. The van der Waals surface area contributed by atoms with E-state index in [9.17, 15) is 4.79 Å². The number of piperidine rings is 1. The zero-order valence-electron chi connectivity index (χ0n) is 14.5. The van der Waals surface area contributed by atoms with E-state index in [4.69, 9.17) is 4.52 Å². The highest BCUT2D eigenvalue weighted by atomic mass is 35.5. The summed E-state index contributed by atoms with van der Waals surface area (Å²) in [6, 6.07) is 9.67. The predicted octanol–water partition coefficient (Wildman–Crippen LogP) is 3.21. The van der Waals surface area contributed by atoms with E-state index in [1.165, 1.54) is 0 Å². The molecule has 0 spiro atoms. The van der Waals surface area contributed by atoms with Crippen LogP contribution in [0.25, 0.3) is 11.4 Å². The van der Waals surface area contributed by atoms with Crippen LogP contribution >= 0.6 is 12.4 Å². The van der Waals surface area contributed by atoms with Crippen molar-refractivity contribution >= 4 is 18.3 Å². The van der Waals surface area contributed by atoms with Crippen molar-refractivity contribution in [2.75, 3.05) is 20.1 Å². The topological polar surface area (TPSA) is 71.3 Å². The molecule has 1 unspecified atom stereocenters. The van der Waals surface area contributed by atoms with Gasteiger partial charge < -0.3 is 14.7 Å². The molecule has 1 aromatic carbocycles. The molecule has 7 heteroatoms. The summed E-state index contributed by atoms with van der Waals surface area (Å²) in [5, 5.41) is 7.18. The van der Waals surface area contributed by atoms with Gasteiger partial charge in [0.1, 0.15) is 6.04 Å². The Morgan fingerprint density at radius 2 is 2.12 bits per heavy atom. The van der Waals surface area contributed by atoms with E-state index in [-0.39, 0.29) is 24.4 Å². The number of hydrogen-bond donors (Lipinski definition) is 1. The summed E-state index contributed by atoms with van der Waals surface area (Å²) < 4.78 is 5.50. The molecule has 0 bridgehead atoms. The number of rotatable bonds is 6. The van der Waals surface area contributed by atoms with Gasteiger partial charge >= 0.3 is 0 Å². The lowest BCUT2D eigenvalue weighted by Gasteiger charge is -2.33. The summed E-state index contributed by atoms with van der Waals surface area (Å²) in [7, 11) is 1.90. The minimum atomic E-state index is -0.0919. The Kier molecular flexibility index (Phi) is 7.40. The van der Waals surface area contributed by atoms with Crippen LogP contribution in [0.5, 0.6) is 0 Å². The van der Waals surface area contributed by atoms with Crippen molar-refractivity contribution < 1.29 is 9.32 Å². The molecule has 0 aliphatic carbocycles. The van der Waals surface area contributed by atoms with E-state index in [0.29, 0.717) is 18.1 Å². The number of aromatic nitrogens is 2. The van der Waals surface area contributed by atoms with Crippen LogP contribution in [0, 0.1) is 0 Å². The van der Waals surface area contributed by atoms with Gasteiger partial charge in [-0.3, -0.25) is 4.79 Å². The maximum Gasteiger partial charge on any atom is 0.249 e. The summed E-state index contributed by atoms with van der Waals surface area (Å²) in [5.74, 6) is 1.31. The molecule has 2 heterocycles. The molecule has 1 aromatic heterocycles. The molecule has 1 saturated heterocycles.